The highest BCUT2D eigenvalue weighted by Gasteiger charge is 2.15. The van der Waals surface area contributed by atoms with Crippen LogP contribution in [0.25, 0.3) is 11.3 Å². The minimum Gasteiger partial charge on any atom is -0.484 e. The molecule has 2 amide bonds. The van der Waals surface area contributed by atoms with E-state index in [0.717, 1.165) is 0 Å². The summed E-state index contributed by atoms with van der Waals surface area (Å²) in [6, 6.07) is 19.1. The van der Waals surface area contributed by atoms with E-state index in [9.17, 15) is 9.59 Å². The van der Waals surface area contributed by atoms with Crippen LogP contribution in [-0.2, 0) is 4.79 Å². The number of amides is 2. The van der Waals surface area contributed by atoms with Gasteiger partial charge >= 0.3 is 0 Å². The lowest BCUT2D eigenvalue weighted by molar-refractivity contribution is -0.123. The Balaban J connectivity index is 1.46. The molecule has 29 heavy (non-hydrogen) atoms. The number of thiocarbonyl (C=S) groups is 1. The van der Waals surface area contributed by atoms with Gasteiger partial charge < -0.3 is 9.15 Å². The molecule has 0 aliphatic heterocycles. The molecule has 0 bridgehead atoms. The molecule has 0 atom stereocenters. The van der Waals surface area contributed by atoms with Gasteiger partial charge in [-0.15, -0.1) is 0 Å². The fourth-order valence-corrected chi connectivity index (χ4v) is 2.66. The van der Waals surface area contributed by atoms with E-state index in [0.29, 0.717) is 22.1 Å². The largest absolute Gasteiger partial charge is 0.484 e. The minimum absolute atomic E-state index is 0.0443. The van der Waals surface area contributed by atoms with E-state index in [4.69, 9.17) is 33.0 Å². The van der Waals surface area contributed by atoms with Gasteiger partial charge in [-0.05, 0) is 48.6 Å². The summed E-state index contributed by atoms with van der Waals surface area (Å²) in [5, 5.41) is 2.81. The first-order valence-corrected chi connectivity index (χ1v) is 9.24. The Morgan fingerprint density at radius 3 is 2.45 bits per heavy atom. The van der Waals surface area contributed by atoms with Gasteiger partial charge in [-0.2, -0.15) is 0 Å². The Bertz CT molecular complexity index is 1020. The minimum atomic E-state index is -0.574. The molecule has 7 nitrogen and oxygen atoms in total. The number of ether oxygens (including phenoxy) is 1. The number of para-hydroxylation sites is 1. The average Bonchev–Trinajstić information content (AvgIpc) is 3.22. The summed E-state index contributed by atoms with van der Waals surface area (Å²) in [6.07, 6.45) is 0. The number of carbonyl (C=O) groups excluding carboxylic acids is 2. The monoisotopic (exact) mass is 429 g/mol. The van der Waals surface area contributed by atoms with Crippen molar-refractivity contribution in [3.8, 4) is 17.1 Å². The van der Waals surface area contributed by atoms with Gasteiger partial charge in [0.25, 0.3) is 11.8 Å². The molecule has 3 N–H and O–H groups in total. The number of hydrogen-bond acceptors (Lipinski definition) is 5. The number of halogens is 1. The van der Waals surface area contributed by atoms with Crippen LogP contribution in [0.2, 0.25) is 5.02 Å². The quantitative estimate of drug-likeness (QED) is 0.425. The summed E-state index contributed by atoms with van der Waals surface area (Å²) in [6.45, 7) is -0.215. The molecule has 9 heteroatoms. The maximum absolute atomic E-state index is 12.2. The molecule has 1 heterocycles. The van der Waals surface area contributed by atoms with Gasteiger partial charge in [0.1, 0.15) is 11.5 Å². The SMILES string of the molecule is O=C(COc1ccccc1)NNC(=S)NC(=O)c1ccc(-c2ccccc2Cl)o1. The second-order valence-electron chi connectivity index (χ2n) is 5.70. The third-order valence-electron chi connectivity index (χ3n) is 3.62. The Labute approximate surface area is 177 Å². The number of rotatable bonds is 5. The Kier molecular flexibility index (Phi) is 6.83. The number of hydrogen-bond donors (Lipinski definition) is 3. The van der Waals surface area contributed by atoms with Gasteiger partial charge in [-0.25, -0.2) is 0 Å². The highest BCUT2D eigenvalue weighted by Crippen LogP contribution is 2.28. The van der Waals surface area contributed by atoms with Crippen LogP contribution in [0.1, 0.15) is 10.6 Å². The standard InChI is InChI=1S/C20H16ClN3O4S/c21-15-9-5-4-8-14(15)16-10-11-17(28-16)19(26)22-20(29)24-23-18(25)12-27-13-6-2-1-3-7-13/h1-11H,12H2,(H,23,25)(H2,22,24,26,29). The van der Waals surface area contributed by atoms with Gasteiger partial charge in [-0.1, -0.05) is 41.9 Å². The van der Waals surface area contributed by atoms with Crippen LogP contribution >= 0.6 is 23.8 Å². The van der Waals surface area contributed by atoms with Gasteiger partial charge in [0.15, 0.2) is 17.5 Å². The lowest BCUT2D eigenvalue weighted by Gasteiger charge is -2.10. The van der Waals surface area contributed by atoms with Crippen molar-refractivity contribution in [3.05, 3.63) is 77.5 Å². The van der Waals surface area contributed by atoms with Crippen LogP contribution in [0.15, 0.2) is 71.1 Å². The zero-order chi connectivity index (χ0) is 20.6. The molecule has 2 aromatic carbocycles. The maximum atomic E-state index is 12.2. The first kappa shape index (κ1) is 20.4. The molecular formula is C20H16ClN3O4S. The van der Waals surface area contributed by atoms with Crippen LogP contribution in [0, 0.1) is 0 Å². The van der Waals surface area contributed by atoms with Crippen molar-refractivity contribution in [1.29, 1.82) is 0 Å². The van der Waals surface area contributed by atoms with Crippen LogP contribution in [0.4, 0.5) is 0 Å². The number of hydrazine groups is 1. The summed E-state index contributed by atoms with van der Waals surface area (Å²) in [5.41, 5.74) is 5.42. The molecule has 3 aromatic rings. The Morgan fingerprint density at radius 2 is 1.69 bits per heavy atom. The summed E-state index contributed by atoms with van der Waals surface area (Å²) in [4.78, 5) is 24.0. The third-order valence-corrected chi connectivity index (χ3v) is 4.16. The maximum Gasteiger partial charge on any atom is 0.293 e. The lowest BCUT2D eigenvalue weighted by Crippen LogP contribution is -2.49. The second kappa shape index (κ2) is 9.72. The predicted molar refractivity (Wildman–Crippen MR) is 112 cm³/mol. The lowest BCUT2D eigenvalue weighted by atomic mass is 10.2. The average molecular weight is 430 g/mol. The molecule has 0 aliphatic carbocycles. The zero-order valence-corrected chi connectivity index (χ0v) is 16.5. The molecule has 0 radical (unpaired) electrons. The third kappa shape index (κ3) is 5.81. The molecule has 1 aromatic heterocycles. The first-order chi connectivity index (χ1) is 14.0. The smallest absolute Gasteiger partial charge is 0.293 e. The molecular weight excluding hydrogens is 414 g/mol. The van der Waals surface area contributed by atoms with Crippen molar-refractivity contribution in [2.24, 2.45) is 0 Å². The van der Waals surface area contributed by atoms with Gasteiger partial charge in [0.05, 0.1) is 5.02 Å². The van der Waals surface area contributed by atoms with Crippen molar-refractivity contribution in [1.82, 2.24) is 16.2 Å². The van der Waals surface area contributed by atoms with Crippen molar-refractivity contribution in [3.63, 3.8) is 0 Å². The topological polar surface area (TPSA) is 92.6 Å². The molecule has 0 spiro atoms. The number of benzene rings is 2. The Morgan fingerprint density at radius 1 is 0.966 bits per heavy atom. The summed E-state index contributed by atoms with van der Waals surface area (Å²) in [5.74, 6) is 0.0134. The van der Waals surface area contributed by atoms with E-state index < -0.39 is 11.8 Å². The first-order valence-electron chi connectivity index (χ1n) is 8.45. The normalized spacial score (nSPS) is 10.1. The summed E-state index contributed by atoms with van der Waals surface area (Å²) < 4.78 is 10.8. The zero-order valence-electron chi connectivity index (χ0n) is 15.0. The molecule has 0 saturated heterocycles. The highest BCUT2D eigenvalue weighted by atomic mass is 35.5. The van der Waals surface area contributed by atoms with E-state index in [1.807, 2.05) is 12.1 Å². The molecule has 0 unspecified atom stereocenters. The molecule has 0 saturated carbocycles. The summed E-state index contributed by atoms with van der Waals surface area (Å²) in [7, 11) is 0. The Hall–Kier alpha value is -3.36. The molecule has 148 valence electrons. The van der Waals surface area contributed by atoms with Crippen LogP contribution < -0.4 is 20.9 Å². The summed E-state index contributed by atoms with van der Waals surface area (Å²) >= 11 is 11.1. The van der Waals surface area contributed by atoms with Crippen molar-refractivity contribution in [2.75, 3.05) is 6.61 Å². The van der Waals surface area contributed by atoms with Gasteiger partial charge in [-0.3, -0.25) is 25.8 Å². The van der Waals surface area contributed by atoms with E-state index in [-0.39, 0.29) is 17.5 Å². The molecule has 3 rings (SSSR count). The van der Waals surface area contributed by atoms with Crippen molar-refractivity contribution < 1.29 is 18.7 Å². The second-order valence-corrected chi connectivity index (χ2v) is 6.52. The number of nitrogens with one attached hydrogen (secondary N) is 3. The van der Waals surface area contributed by atoms with Crippen LogP contribution in [0.5, 0.6) is 5.75 Å². The van der Waals surface area contributed by atoms with Crippen molar-refractivity contribution >= 4 is 40.7 Å². The molecule has 0 aliphatic rings. The van der Waals surface area contributed by atoms with E-state index >= 15 is 0 Å². The number of carbonyl (C=O) groups is 2. The molecule has 0 fully saturated rings. The van der Waals surface area contributed by atoms with Gasteiger partial charge in [0, 0.05) is 5.56 Å². The van der Waals surface area contributed by atoms with E-state index in [1.54, 1.807) is 48.5 Å². The highest BCUT2D eigenvalue weighted by molar-refractivity contribution is 7.80. The van der Waals surface area contributed by atoms with Crippen molar-refractivity contribution in [2.45, 2.75) is 0 Å². The fraction of sp³-hybridized carbons (Fsp3) is 0.0500. The fourth-order valence-electron chi connectivity index (χ4n) is 2.29. The van der Waals surface area contributed by atoms with E-state index in [1.165, 1.54) is 6.07 Å². The van der Waals surface area contributed by atoms with Crippen LogP contribution in [0.3, 0.4) is 0 Å². The van der Waals surface area contributed by atoms with E-state index in [2.05, 4.69) is 16.2 Å². The predicted octanol–water partition coefficient (Wildman–Crippen LogP) is 3.31. The number of furan rings is 1. The van der Waals surface area contributed by atoms with Gasteiger partial charge in [0.2, 0.25) is 0 Å². The van der Waals surface area contributed by atoms with Crippen LogP contribution in [-0.4, -0.2) is 23.5 Å².